The number of amides is 3. The van der Waals surface area contributed by atoms with Gasteiger partial charge in [-0.2, -0.15) is 13.2 Å². The van der Waals surface area contributed by atoms with Crippen LogP contribution in [0.3, 0.4) is 0 Å². The van der Waals surface area contributed by atoms with Gasteiger partial charge < -0.3 is 20.7 Å². The molecule has 0 aliphatic carbocycles. The van der Waals surface area contributed by atoms with E-state index >= 15 is 0 Å². The Kier molecular flexibility index (Phi) is 8.44. The number of hydrogen-bond acceptors (Lipinski definition) is 4. The van der Waals surface area contributed by atoms with E-state index in [1.165, 1.54) is 25.3 Å². The first kappa shape index (κ1) is 25.7. The summed E-state index contributed by atoms with van der Waals surface area (Å²) < 4.78 is 42.2. The average Bonchev–Trinajstić information content (AvgIpc) is 2.76. The van der Waals surface area contributed by atoms with Crippen molar-refractivity contribution in [2.75, 3.05) is 19.0 Å². The van der Waals surface area contributed by atoms with Gasteiger partial charge in [-0.15, -0.1) is 0 Å². The van der Waals surface area contributed by atoms with Gasteiger partial charge in [0.1, 0.15) is 18.3 Å². The van der Waals surface area contributed by atoms with Gasteiger partial charge >= 0.3 is 6.18 Å². The van der Waals surface area contributed by atoms with E-state index < -0.39 is 36.5 Å². The molecule has 0 bridgehead atoms. The van der Waals surface area contributed by atoms with Crippen molar-refractivity contribution in [1.82, 2.24) is 10.6 Å². The highest BCUT2D eigenvalue weighted by Crippen LogP contribution is 2.19. The first-order valence-corrected chi connectivity index (χ1v) is 10.1. The molecule has 0 saturated heterocycles. The van der Waals surface area contributed by atoms with E-state index in [-0.39, 0.29) is 17.2 Å². The largest absolute Gasteiger partial charge is 0.497 e. The summed E-state index contributed by atoms with van der Waals surface area (Å²) in [6, 6.07) is 9.65. The first-order valence-electron chi connectivity index (χ1n) is 10.1. The molecule has 0 spiro atoms. The van der Waals surface area contributed by atoms with Crippen LogP contribution in [0.1, 0.15) is 40.1 Å². The molecule has 33 heavy (non-hydrogen) atoms. The first-order chi connectivity index (χ1) is 15.4. The number of carbonyl (C=O) groups is 3. The SMILES string of the molecule is COc1ccc(C(=O)NC(C(=O)Nc2cc(C(=O)NCC(F)(F)F)ccc2C)C(C)C)cc1. The fourth-order valence-electron chi connectivity index (χ4n) is 2.89. The lowest BCUT2D eigenvalue weighted by Gasteiger charge is -2.22. The molecule has 2 aromatic carbocycles. The zero-order valence-corrected chi connectivity index (χ0v) is 18.7. The molecular weight excluding hydrogens is 439 g/mol. The number of benzene rings is 2. The number of ether oxygens (including phenoxy) is 1. The predicted octanol–water partition coefficient (Wildman–Crippen LogP) is 3.69. The van der Waals surface area contributed by atoms with E-state index in [4.69, 9.17) is 4.74 Å². The Morgan fingerprint density at radius 3 is 2.12 bits per heavy atom. The van der Waals surface area contributed by atoms with Crippen LogP contribution in [0.2, 0.25) is 0 Å². The van der Waals surface area contributed by atoms with Crippen molar-refractivity contribution in [1.29, 1.82) is 0 Å². The number of methoxy groups -OCH3 is 1. The Morgan fingerprint density at radius 2 is 1.58 bits per heavy atom. The lowest BCUT2D eigenvalue weighted by Crippen LogP contribution is -2.47. The van der Waals surface area contributed by atoms with E-state index in [9.17, 15) is 27.6 Å². The Morgan fingerprint density at radius 1 is 0.970 bits per heavy atom. The molecule has 0 saturated carbocycles. The standard InChI is InChI=1S/C23H26F3N3O4/c1-13(2)19(29-21(31)15-7-9-17(33-4)10-8-15)22(32)28-18-11-16(6-5-14(18)3)20(30)27-12-23(24,25)26/h5-11,13,19H,12H2,1-4H3,(H,27,30)(H,28,32)(H,29,31). The summed E-state index contributed by atoms with van der Waals surface area (Å²) in [4.78, 5) is 37.6. The predicted molar refractivity (Wildman–Crippen MR) is 117 cm³/mol. The third kappa shape index (κ3) is 7.51. The topological polar surface area (TPSA) is 96.5 Å². The summed E-state index contributed by atoms with van der Waals surface area (Å²) >= 11 is 0. The van der Waals surface area contributed by atoms with Crippen LogP contribution >= 0.6 is 0 Å². The second-order valence-electron chi connectivity index (χ2n) is 7.74. The molecule has 0 heterocycles. The zero-order chi connectivity index (χ0) is 24.8. The van der Waals surface area contributed by atoms with E-state index in [0.717, 1.165) is 0 Å². The van der Waals surface area contributed by atoms with Gasteiger partial charge in [0, 0.05) is 16.8 Å². The molecule has 10 heteroatoms. The lowest BCUT2D eigenvalue weighted by atomic mass is 10.0. The van der Waals surface area contributed by atoms with Gasteiger partial charge in [-0.3, -0.25) is 14.4 Å². The molecule has 2 aromatic rings. The van der Waals surface area contributed by atoms with Crippen LogP contribution in [0, 0.1) is 12.8 Å². The number of rotatable bonds is 8. The van der Waals surface area contributed by atoms with E-state index in [2.05, 4.69) is 10.6 Å². The highest BCUT2D eigenvalue weighted by atomic mass is 19.4. The fraction of sp³-hybridized carbons (Fsp3) is 0.348. The highest BCUT2D eigenvalue weighted by Gasteiger charge is 2.28. The molecular formula is C23H26F3N3O4. The average molecular weight is 465 g/mol. The second-order valence-corrected chi connectivity index (χ2v) is 7.74. The van der Waals surface area contributed by atoms with Gasteiger partial charge in [0.25, 0.3) is 11.8 Å². The molecule has 0 radical (unpaired) electrons. The Hall–Kier alpha value is -3.56. The summed E-state index contributed by atoms with van der Waals surface area (Å²) in [6.07, 6.45) is -4.54. The van der Waals surface area contributed by atoms with Crippen LogP contribution in [-0.2, 0) is 4.79 Å². The van der Waals surface area contributed by atoms with Crippen molar-refractivity contribution in [3.8, 4) is 5.75 Å². The van der Waals surface area contributed by atoms with Gasteiger partial charge in [0.2, 0.25) is 5.91 Å². The minimum Gasteiger partial charge on any atom is -0.497 e. The van der Waals surface area contributed by atoms with Crippen LogP contribution < -0.4 is 20.7 Å². The minimum absolute atomic E-state index is 0.0384. The Bertz CT molecular complexity index is 1010. The molecule has 0 aliphatic rings. The smallest absolute Gasteiger partial charge is 0.405 e. The van der Waals surface area contributed by atoms with Crippen molar-refractivity contribution >= 4 is 23.4 Å². The van der Waals surface area contributed by atoms with Gasteiger partial charge in [0.05, 0.1) is 7.11 Å². The number of halogens is 3. The molecule has 178 valence electrons. The maximum Gasteiger partial charge on any atom is 0.405 e. The van der Waals surface area contributed by atoms with E-state index in [1.807, 2.05) is 0 Å². The molecule has 1 atom stereocenters. The van der Waals surface area contributed by atoms with Crippen LogP contribution in [0.4, 0.5) is 18.9 Å². The third-order valence-corrected chi connectivity index (χ3v) is 4.79. The van der Waals surface area contributed by atoms with Gasteiger partial charge in [0.15, 0.2) is 0 Å². The number of hydrogen-bond donors (Lipinski definition) is 3. The molecule has 0 aliphatic heterocycles. The second kappa shape index (κ2) is 10.8. The molecule has 3 amide bonds. The maximum absolute atomic E-state index is 12.9. The summed E-state index contributed by atoms with van der Waals surface area (Å²) in [5.41, 5.74) is 1.15. The van der Waals surface area contributed by atoms with Crippen LogP contribution in [0.25, 0.3) is 0 Å². The summed E-state index contributed by atoms with van der Waals surface area (Å²) in [5.74, 6) is -1.59. The van der Waals surface area contributed by atoms with Crippen LogP contribution in [0.5, 0.6) is 5.75 Å². The number of alkyl halides is 3. The molecule has 3 N–H and O–H groups in total. The van der Waals surface area contributed by atoms with Crippen molar-refractivity contribution < 1.29 is 32.3 Å². The van der Waals surface area contributed by atoms with E-state index in [1.54, 1.807) is 50.4 Å². The van der Waals surface area contributed by atoms with Crippen molar-refractivity contribution in [2.24, 2.45) is 5.92 Å². The summed E-state index contributed by atoms with van der Waals surface area (Å²) in [5, 5.41) is 7.14. The number of anilines is 1. The summed E-state index contributed by atoms with van der Waals surface area (Å²) in [7, 11) is 1.51. The van der Waals surface area contributed by atoms with E-state index in [0.29, 0.717) is 16.9 Å². The molecule has 0 aromatic heterocycles. The number of nitrogens with one attached hydrogen (secondary N) is 3. The molecule has 7 nitrogen and oxygen atoms in total. The molecule has 1 unspecified atom stereocenters. The minimum atomic E-state index is -4.54. The molecule has 2 rings (SSSR count). The fourth-order valence-corrected chi connectivity index (χ4v) is 2.89. The Labute approximate surface area is 189 Å². The van der Waals surface area contributed by atoms with Gasteiger partial charge in [-0.25, -0.2) is 0 Å². The normalized spacial score (nSPS) is 12.1. The molecule has 0 fully saturated rings. The van der Waals surface area contributed by atoms with Crippen molar-refractivity contribution in [3.05, 3.63) is 59.2 Å². The van der Waals surface area contributed by atoms with Crippen LogP contribution in [0.15, 0.2) is 42.5 Å². The lowest BCUT2D eigenvalue weighted by molar-refractivity contribution is -0.123. The van der Waals surface area contributed by atoms with Crippen molar-refractivity contribution in [3.63, 3.8) is 0 Å². The Balaban J connectivity index is 2.14. The summed E-state index contributed by atoms with van der Waals surface area (Å²) in [6.45, 7) is 3.72. The third-order valence-electron chi connectivity index (χ3n) is 4.79. The zero-order valence-electron chi connectivity index (χ0n) is 18.7. The van der Waals surface area contributed by atoms with Gasteiger partial charge in [-0.1, -0.05) is 19.9 Å². The van der Waals surface area contributed by atoms with Gasteiger partial charge in [-0.05, 0) is 54.8 Å². The highest BCUT2D eigenvalue weighted by molar-refractivity contribution is 6.02. The monoisotopic (exact) mass is 465 g/mol. The van der Waals surface area contributed by atoms with Crippen molar-refractivity contribution in [2.45, 2.75) is 33.0 Å². The number of carbonyl (C=O) groups excluding carboxylic acids is 3. The van der Waals surface area contributed by atoms with Crippen LogP contribution in [-0.4, -0.2) is 43.6 Å². The quantitative estimate of drug-likeness (QED) is 0.554. The number of aryl methyl sites for hydroxylation is 1. The maximum atomic E-state index is 12.9.